The van der Waals surface area contributed by atoms with Crippen LogP contribution in [-0.4, -0.2) is 30.9 Å². The fraction of sp³-hybridized carbons (Fsp3) is 0.194. The number of benzene rings is 4. The van der Waals surface area contributed by atoms with Crippen LogP contribution in [0.4, 0.5) is 11.4 Å². The van der Waals surface area contributed by atoms with Gasteiger partial charge in [-0.05, 0) is 59.8 Å². The number of esters is 1. The van der Waals surface area contributed by atoms with Crippen molar-refractivity contribution in [2.45, 2.75) is 19.8 Å². The second-order valence-corrected chi connectivity index (χ2v) is 9.19. The van der Waals surface area contributed by atoms with Gasteiger partial charge >= 0.3 is 5.97 Å². The van der Waals surface area contributed by atoms with E-state index >= 15 is 0 Å². The summed E-state index contributed by atoms with van der Waals surface area (Å²) in [5.74, 6) is -0.402. The van der Waals surface area contributed by atoms with Crippen LogP contribution in [0.3, 0.4) is 0 Å². The zero-order chi connectivity index (χ0) is 26.5. The standard InChI is InChI=1S/C31H28N2O5/c1-2-21-10-12-24(13-11-21)32-29(34)20-37-31(36)23-18-30(35)33(19-23)25-14-16-26(17-15-25)38-28-9-5-7-22-6-3-4-8-27(22)28/h3-17,23H,2,18-20H2,1H3,(H,32,34)/t23-/m1/s1. The molecule has 0 spiro atoms. The van der Waals surface area contributed by atoms with Gasteiger partial charge in [0.05, 0.1) is 5.92 Å². The van der Waals surface area contributed by atoms with Gasteiger partial charge in [0, 0.05) is 29.7 Å². The lowest BCUT2D eigenvalue weighted by atomic mass is 10.1. The highest BCUT2D eigenvalue weighted by Gasteiger charge is 2.36. The molecule has 0 aromatic heterocycles. The van der Waals surface area contributed by atoms with E-state index in [1.54, 1.807) is 29.2 Å². The van der Waals surface area contributed by atoms with Crippen molar-refractivity contribution in [3.8, 4) is 11.5 Å². The monoisotopic (exact) mass is 508 g/mol. The van der Waals surface area contributed by atoms with Crippen LogP contribution in [0.2, 0.25) is 0 Å². The van der Waals surface area contributed by atoms with Gasteiger partial charge < -0.3 is 19.7 Å². The van der Waals surface area contributed by atoms with Crippen molar-refractivity contribution in [2.24, 2.45) is 5.92 Å². The predicted octanol–water partition coefficient (Wildman–Crippen LogP) is 5.73. The van der Waals surface area contributed by atoms with Crippen LogP contribution in [0, 0.1) is 5.92 Å². The zero-order valence-corrected chi connectivity index (χ0v) is 21.1. The van der Waals surface area contributed by atoms with Gasteiger partial charge in [0.25, 0.3) is 5.91 Å². The summed E-state index contributed by atoms with van der Waals surface area (Å²) in [6, 6.07) is 28.6. The lowest BCUT2D eigenvalue weighted by Gasteiger charge is -2.17. The van der Waals surface area contributed by atoms with Gasteiger partial charge in [0.15, 0.2) is 6.61 Å². The Kier molecular flexibility index (Phi) is 7.35. The largest absolute Gasteiger partial charge is 0.457 e. The van der Waals surface area contributed by atoms with Crippen molar-refractivity contribution in [3.63, 3.8) is 0 Å². The van der Waals surface area contributed by atoms with Crippen LogP contribution in [0.15, 0.2) is 91.0 Å². The number of amides is 2. The molecular formula is C31H28N2O5. The van der Waals surface area contributed by atoms with Gasteiger partial charge in [-0.1, -0.05) is 55.5 Å². The maximum absolute atomic E-state index is 12.7. The fourth-order valence-electron chi connectivity index (χ4n) is 4.50. The first kappa shape index (κ1) is 25.0. The van der Waals surface area contributed by atoms with E-state index in [4.69, 9.17) is 9.47 Å². The molecule has 1 atom stereocenters. The SMILES string of the molecule is CCc1ccc(NC(=O)COC(=O)[C@@H]2CC(=O)N(c3ccc(Oc4cccc5ccccc45)cc3)C2)cc1. The van der Waals surface area contributed by atoms with Crippen molar-refractivity contribution in [1.29, 1.82) is 0 Å². The zero-order valence-electron chi connectivity index (χ0n) is 21.1. The molecule has 0 aliphatic carbocycles. The minimum absolute atomic E-state index is 0.0349. The number of anilines is 2. The number of ether oxygens (including phenoxy) is 2. The average molecular weight is 509 g/mol. The third kappa shape index (κ3) is 5.67. The first-order valence-electron chi connectivity index (χ1n) is 12.6. The summed E-state index contributed by atoms with van der Waals surface area (Å²) < 4.78 is 11.3. The first-order chi connectivity index (χ1) is 18.5. The van der Waals surface area contributed by atoms with E-state index in [0.29, 0.717) is 17.1 Å². The molecule has 1 aliphatic heterocycles. The number of nitrogens with one attached hydrogen (secondary N) is 1. The maximum atomic E-state index is 12.7. The van der Waals surface area contributed by atoms with Crippen LogP contribution in [0.1, 0.15) is 18.9 Å². The molecule has 1 saturated heterocycles. The predicted molar refractivity (Wildman–Crippen MR) is 146 cm³/mol. The molecule has 7 heteroatoms. The summed E-state index contributed by atoms with van der Waals surface area (Å²) in [4.78, 5) is 39.0. The van der Waals surface area contributed by atoms with E-state index in [9.17, 15) is 14.4 Å². The van der Waals surface area contributed by atoms with E-state index in [-0.39, 0.29) is 18.9 Å². The Labute approximate surface area is 221 Å². The number of hydrogen-bond acceptors (Lipinski definition) is 5. The Bertz CT molecular complexity index is 1460. The number of carbonyl (C=O) groups is 3. The van der Waals surface area contributed by atoms with Crippen molar-refractivity contribution >= 4 is 39.9 Å². The molecule has 2 amide bonds. The molecule has 0 bridgehead atoms. The number of carbonyl (C=O) groups excluding carboxylic acids is 3. The average Bonchev–Trinajstić information content (AvgIpc) is 3.34. The molecule has 4 aromatic rings. The van der Waals surface area contributed by atoms with E-state index < -0.39 is 24.4 Å². The molecule has 192 valence electrons. The first-order valence-corrected chi connectivity index (χ1v) is 12.6. The molecule has 7 nitrogen and oxygen atoms in total. The summed E-state index contributed by atoms with van der Waals surface area (Å²) in [7, 11) is 0. The Hall–Kier alpha value is -4.65. The molecule has 38 heavy (non-hydrogen) atoms. The van der Waals surface area contributed by atoms with Crippen molar-refractivity contribution in [2.75, 3.05) is 23.4 Å². The van der Waals surface area contributed by atoms with Gasteiger partial charge in [0.2, 0.25) is 5.91 Å². The van der Waals surface area contributed by atoms with Gasteiger partial charge in [-0.15, -0.1) is 0 Å². The Morgan fingerprint density at radius 3 is 2.42 bits per heavy atom. The van der Waals surface area contributed by atoms with Gasteiger partial charge in [0.1, 0.15) is 11.5 Å². The summed E-state index contributed by atoms with van der Waals surface area (Å²) in [6.07, 6.45) is 0.944. The molecule has 5 rings (SSSR count). The molecule has 4 aromatic carbocycles. The third-order valence-corrected chi connectivity index (χ3v) is 6.58. The lowest BCUT2D eigenvalue weighted by molar-refractivity contribution is -0.151. The van der Waals surface area contributed by atoms with E-state index in [1.807, 2.05) is 66.7 Å². The second kappa shape index (κ2) is 11.2. The molecule has 1 heterocycles. The smallest absolute Gasteiger partial charge is 0.311 e. The topological polar surface area (TPSA) is 84.9 Å². The Morgan fingerprint density at radius 1 is 0.921 bits per heavy atom. The lowest BCUT2D eigenvalue weighted by Crippen LogP contribution is -2.28. The molecule has 0 radical (unpaired) electrons. The van der Waals surface area contributed by atoms with E-state index in [2.05, 4.69) is 12.2 Å². The molecule has 1 aliphatic rings. The molecule has 0 unspecified atom stereocenters. The van der Waals surface area contributed by atoms with Gasteiger partial charge in [-0.3, -0.25) is 14.4 Å². The summed E-state index contributed by atoms with van der Waals surface area (Å²) in [5.41, 5.74) is 2.47. The summed E-state index contributed by atoms with van der Waals surface area (Å²) >= 11 is 0. The van der Waals surface area contributed by atoms with Crippen molar-refractivity contribution in [3.05, 3.63) is 96.6 Å². The maximum Gasteiger partial charge on any atom is 0.311 e. The Morgan fingerprint density at radius 2 is 1.66 bits per heavy atom. The summed E-state index contributed by atoms with van der Waals surface area (Å²) in [5, 5.41) is 4.81. The normalized spacial score (nSPS) is 14.9. The van der Waals surface area contributed by atoms with Crippen LogP contribution >= 0.6 is 0 Å². The highest BCUT2D eigenvalue weighted by atomic mass is 16.5. The Balaban J connectivity index is 1.15. The molecule has 1 N–H and O–H groups in total. The van der Waals surface area contributed by atoms with Gasteiger partial charge in [-0.25, -0.2) is 0 Å². The summed E-state index contributed by atoms with van der Waals surface area (Å²) in [6.45, 7) is 1.85. The molecular weight excluding hydrogens is 480 g/mol. The molecule has 0 saturated carbocycles. The quantitative estimate of drug-likeness (QED) is 0.307. The van der Waals surface area contributed by atoms with Gasteiger partial charge in [-0.2, -0.15) is 0 Å². The number of rotatable bonds is 8. The number of aryl methyl sites for hydroxylation is 1. The fourth-order valence-corrected chi connectivity index (χ4v) is 4.50. The highest BCUT2D eigenvalue weighted by molar-refractivity contribution is 6.00. The molecule has 1 fully saturated rings. The van der Waals surface area contributed by atoms with Crippen LogP contribution < -0.4 is 15.0 Å². The third-order valence-electron chi connectivity index (χ3n) is 6.58. The number of hydrogen-bond donors (Lipinski definition) is 1. The van der Waals surface area contributed by atoms with Crippen molar-refractivity contribution < 1.29 is 23.9 Å². The van der Waals surface area contributed by atoms with Crippen molar-refractivity contribution in [1.82, 2.24) is 0 Å². The number of nitrogens with zero attached hydrogens (tertiary/aromatic N) is 1. The van der Waals surface area contributed by atoms with E-state index in [1.165, 1.54) is 0 Å². The number of fused-ring (bicyclic) bond motifs is 1. The van der Waals surface area contributed by atoms with Crippen LogP contribution in [0.25, 0.3) is 10.8 Å². The van der Waals surface area contributed by atoms with Crippen LogP contribution in [0.5, 0.6) is 11.5 Å². The minimum atomic E-state index is -0.634. The second-order valence-electron chi connectivity index (χ2n) is 9.19. The highest BCUT2D eigenvalue weighted by Crippen LogP contribution is 2.32. The minimum Gasteiger partial charge on any atom is -0.457 e. The van der Waals surface area contributed by atoms with Crippen LogP contribution in [-0.2, 0) is 25.5 Å². The van der Waals surface area contributed by atoms with E-state index in [0.717, 1.165) is 28.5 Å².